The van der Waals surface area contributed by atoms with Gasteiger partial charge in [-0.05, 0) is 52.7 Å². The normalized spacial score (nSPS) is 19.8. The van der Waals surface area contributed by atoms with Gasteiger partial charge in [-0.15, -0.1) is 0 Å². The lowest BCUT2D eigenvalue weighted by Gasteiger charge is -2.38. The average molecular weight is 271 g/mol. The number of piperidine rings is 1. The number of hydrogen-bond donors (Lipinski definition) is 1. The van der Waals surface area contributed by atoms with Gasteiger partial charge in [0.25, 0.3) is 0 Å². The third-order valence-electron chi connectivity index (χ3n) is 3.76. The van der Waals surface area contributed by atoms with Crippen LogP contribution in [0.2, 0.25) is 0 Å². The van der Waals surface area contributed by atoms with E-state index in [1.807, 2.05) is 30.9 Å². The number of likely N-dealkylation sites (tertiary alicyclic amines) is 1. The van der Waals surface area contributed by atoms with E-state index in [0.29, 0.717) is 6.42 Å². The summed E-state index contributed by atoms with van der Waals surface area (Å²) in [7, 11) is 5.97. The Balaban J connectivity index is 2.44. The number of urea groups is 1. The fourth-order valence-corrected chi connectivity index (χ4v) is 2.64. The quantitative estimate of drug-likeness (QED) is 0.790. The van der Waals surface area contributed by atoms with Crippen molar-refractivity contribution < 1.29 is 9.90 Å². The Bertz CT molecular complexity index is 269. The first kappa shape index (κ1) is 16.2. The summed E-state index contributed by atoms with van der Waals surface area (Å²) in [4.78, 5) is 18.3. The van der Waals surface area contributed by atoms with Gasteiger partial charge < -0.3 is 19.8 Å². The maximum atomic E-state index is 12.4. The van der Waals surface area contributed by atoms with E-state index >= 15 is 0 Å². The van der Waals surface area contributed by atoms with Crippen LogP contribution in [-0.4, -0.2) is 79.3 Å². The minimum absolute atomic E-state index is 0.122. The van der Waals surface area contributed by atoms with E-state index in [4.69, 9.17) is 5.11 Å². The first-order chi connectivity index (χ1) is 9.06. The molecule has 0 spiro atoms. The predicted octanol–water partition coefficient (Wildman–Crippen LogP) is 1.23. The Labute approximate surface area is 117 Å². The van der Waals surface area contributed by atoms with Crippen LogP contribution in [0.4, 0.5) is 4.79 Å². The highest BCUT2D eigenvalue weighted by atomic mass is 16.3. The second-order valence-corrected chi connectivity index (χ2v) is 5.72. The van der Waals surface area contributed by atoms with E-state index in [1.54, 1.807) is 0 Å². The zero-order chi connectivity index (χ0) is 14.3. The largest absolute Gasteiger partial charge is 0.396 e. The lowest BCUT2D eigenvalue weighted by molar-refractivity contribution is 0.108. The monoisotopic (exact) mass is 271 g/mol. The molecule has 1 fully saturated rings. The van der Waals surface area contributed by atoms with Crippen LogP contribution in [0, 0.1) is 0 Å². The molecule has 5 heteroatoms. The molecule has 0 radical (unpaired) electrons. The van der Waals surface area contributed by atoms with E-state index in [2.05, 4.69) is 4.90 Å². The molecule has 5 nitrogen and oxygen atoms in total. The summed E-state index contributed by atoms with van der Waals surface area (Å²) < 4.78 is 0. The molecule has 1 N–H and O–H groups in total. The lowest BCUT2D eigenvalue weighted by atomic mass is 10.00. The van der Waals surface area contributed by atoms with E-state index < -0.39 is 0 Å². The molecule has 1 unspecified atom stereocenters. The van der Waals surface area contributed by atoms with Gasteiger partial charge in [0.1, 0.15) is 0 Å². The molecular formula is C14H29N3O2. The summed E-state index contributed by atoms with van der Waals surface area (Å²) in [5, 5.41) is 9.10. The molecule has 0 saturated carbocycles. The second kappa shape index (κ2) is 8.38. The number of carbonyl (C=O) groups is 1. The van der Waals surface area contributed by atoms with E-state index in [1.165, 1.54) is 6.42 Å². The van der Waals surface area contributed by atoms with Crippen molar-refractivity contribution in [1.82, 2.24) is 14.7 Å². The number of carbonyl (C=O) groups excluding carboxylic acids is 1. The lowest BCUT2D eigenvalue weighted by Crippen LogP contribution is -2.49. The molecule has 0 aromatic rings. The Morgan fingerprint density at radius 3 is 2.63 bits per heavy atom. The van der Waals surface area contributed by atoms with Crippen molar-refractivity contribution in [2.45, 2.75) is 38.1 Å². The van der Waals surface area contributed by atoms with Gasteiger partial charge in [-0.2, -0.15) is 0 Å². The number of hydrogen-bond acceptors (Lipinski definition) is 3. The van der Waals surface area contributed by atoms with Gasteiger partial charge in [0.15, 0.2) is 0 Å². The third kappa shape index (κ3) is 5.37. The zero-order valence-electron chi connectivity index (χ0n) is 12.6. The Hall–Kier alpha value is -0.810. The van der Waals surface area contributed by atoms with Crippen molar-refractivity contribution in [3.8, 4) is 0 Å². The molecule has 19 heavy (non-hydrogen) atoms. The molecule has 112 valence electrons. The van der Waals surface area contributed by atoms with Gasteiger partial charge in [-0.1, -0.05) is 0 Å². The second-order valence-electron chi connectivity index (χ2n) is 5.72. The van der Waals surface area contributed by atoms with E-state index in [-0.39, 0.29) is 18.7 Å². The molecule has 1 rings (SSSR count). The van der Waals surface area contributed by atoms with Crippen LogP contribution in [0.1, 0.15) is 32.1 Å². The Morgan fingerprint density at radius 1 is 1.26 bits per heavy atom. The van der Waals surface area contributed by atoms with Crippen LogP contribution in [0.25, 0.3) is 0 Å². The smallest absolute Gasteiger partial charge is 0.319 e. The Kier molecular flexibility index (Phi) is 7.16. The SMILES string of the molecule is CN(C)CCCN(C)C(=O)N1CCCCC1CCO. The third-order valence-corrected chi connectivity index (χ3v) is 3.76. The van der Waals surface area contributed by atoms with Crippen molar-refractivity contribution in [3.63, 3.8) is 0 Å². The highest BCUT2D eigenvalue weighted by molar-refractivity contribution is 5.74. The fourth-order valence-electron chi connectivity index (χ4n) is 2.64. The molecule has 0 aliphatic carbocycles. The summed E-state index contributed by atoms with van der Waals surface area (Å²) in [6, 6.07) is 0.347. The van der Waals surface area contributed by atoms with Gasteiger partial charge in [-0.3, -0.25) is 0 Å². The number of rotatable bonds is 6. The van der Waals surface area contributed by atoms with Gasteiger partial charge >= 0.3 is 6.03 Å². The maximum Gasteiger partial charge on any atom is 0.319 e. The van der Waals surface area contributed by atoms with Gasteiger partial charge in [0.05, 0.1) is 0 Å². The number of nitrogens with zero attached hydrogens (tertiary/aromatic N) is 3. The first-order valence-corrected chi connectivity index (χ1v) is 7.33. The van der Waals surface area contributed by atoms with Crippen LogP contribution < -0.4 is 0 Å². The standard InChI is InChI=1S/C14H29N3O2/c1-15(2)9-6-10-16(3)14(19)17-11-5-4-7-13(17)8-12-18/h13,18H,4-12H2,1-3H3. The van der Waals surface area contributed by atoms with Crippen LogP contribution in [0.15, 0.2) is 0 Å². The first-order valence-electron chi connectivity index (χ1n) is 7.33. The Morgan fingerprint density at radius 2 is 2.00 bits per heavy atom. The van der Waals surface area contributed by atoms with Crippen molar-refractivity contribution in [2.75, 3.05) is 47.4 Å². The molecule has 1 heterocycles. The summed E-state index contributed by atoms with van der Waals surface area (Å²) in [5.74, 6) is 0. The molecule has 0 bridgehead atoms. The molecule has 0 aromatic heterocycles. The zero-order valence-corrected chi connectivity index (χ0v) is 12.6. The molecule has 1 aliphatic rings. The van der Waals surface area contributed by atoms with Crippen molar-refractivity contribution in [3.05, 3.63) is 0 Å². The van der Waals surface area contributed by atoms with Gasteiger partial charge in [0, 0.05) is 32.8 Å². The minimum atomic E-state index is 0.122. The van der Waals surface area contributed by atoms with Crippen molar-refractivity contribution in [2.24, 2.45) is 0 Å². The average Bonchev–Trinajstić information content (AvgIpc) is 2.38. The topological polar surface area (TPSA) is 47.0 Å². The summed E-state index contributed by atoms with van der Waals surface area (Å²) >= 11 is 0. The molecule has 1 saturated heterocycles. The molecule has 1 aliphatic heterocycles. The van der Waals surface area contributed by atoms with Crippen molar-refractivity contribution >= 4 is 6.03 Å². The molecule has 2 amide bonds. The van der Waals surface area contributed by atoms with Gasteiger partial charge in [-0.25, -0.2) is 4.79 Å². The number of amides is 2. The predicted molar refractivity (Wildman–Crippen MR) is 77.2 cm³/mol. The van der Waals surface area contributed by atoms with Crippen LogP contribution in [0.3, 0.4) is 0 Å². The number of aliphatic hydroxyl groups is 1. The molecule has 0 aromatic carbocycles. The summed E-state index contributed by atoms with van der Waals surface area (Å²) in [5.41, 5.74) is 0. The van der Waals surface area contributed by atoms with Gasteiger partial charge in [0.2, 0.25) is 0 Å². The maximum absolute atomic E-state index is 12.4. The highest BCUT2D eigenvalue weighted by Crippen LogP contribution is 2.20. The number of aliphatic hydroxyl groups excluding tert-OH is 1. The molecular weight excluding hydrogens is 242 g/mol. The molecule has 1 atom stereocenters. The summed E-state index contributed by atoms with van der Waals surface area (Å²) in [6.07, 6.45) is 4.97. The van der Waals surface area contributed by atoms with E-state index in [0.717, 1.165) is 38.9 Å². The highest BCUT2D eigenvalue weighted by Gasteiger charge is 2.27. The van der Waals surface area contributed by atoms with Crippen LogP contribution >= 0.6 is 0 Å². The van der Waals surface area contributed by atoms with Crippen LogP contribution in [0.5, 0.6) is 0 Å². The summed E-state index contributed by atoms with van der Waals surface area (Å²) in [6.45, 7) is 2.79. The van der Waals surface area contributed by atoms with Crippen LogP contribution in [-0.2, 0) is 0 Å². The fraction of sp³-hybridized carbons (Fsp3) is 0.929. The van der Waals surface area contributed by atoms with Crippen molar-refractivity contribution in [1.29, 1.82) is 0 Å². The minimum Gasteiger partial charge on any atom is -0.396 e. The van der Waals surface area contributed by atoms with E-state index in [9.17, 15) is 4.79 Å².